The smallest absolute Gasteiger partial charge is 0.231 e. The average Bonchev–Trinajstić information content (AvgIpc) is 2.52. The standard InChI is InChI=1S/C19H31Cl2N5O/c1-7-9-10-25(17-23-15(20)22-16(21)24-17)14-12-18(3,4)26(27-11-8-2)19(5,6)13-14/h8,14H,2,7,9-13H2,1,3-6H3. The molecule has 0 saturated carbocycles. The molecule has 8 heteroatoms. The summed E-state index contributed by atoms with van der Waals surface area (Å²) in [6.07, 6.45) is 5.70. The fraction of sp³-hybridized carbons (Fsp3) is 0.737. The first-order valence-electron chi connectivity index (χ1n) is 9.48. The van der Waals surface area contributed by atoms with Crippen LogP contribution in [0.3, 0.4) is 0 Å². The molecule has 2 rings (SSSR count). The fourth-order valence-corrected chi connectivity index (χ4v) is 4.48. The van der Waals surface area contributed by atoms with Gasteiger partial charge >= 0.3 is 0 Å². The van der Waals surface area contributed by atoms with Crippen LogP contribution in [0.5, 0.6) is 0 Å². The Morgan fingerprint density at radius 2 is 1.70 bits per heavy atom. The minimum Gasteiger partial charge on any atom is -0.338 e. The zero-order valence-corrected chi connectivity index (χ0v) is 18.5. The Morgan fingerprint density at radius 1 is 1.15 bits per heavy atom. The maximum atomic E-state index is 6.05. The van der Waals surface area contributed by atoms with E-state index < -0.39 is 0 Å². The lowest BCUT2D eigenvalue weighted by atomic mass is 9.78. The third kappa shape index (κ3) is 5.53. The van der Waals surface area contributed by atoms with Crippen molar-refractivity contribution in [2.75, 3.05) is 18.1 Å². The van der Waals surface area contributed by atoms with Crippen LogP contribution >= 0.6 is 23.2 Å². The molecule has 6 nitrogen and oxygen atoms in total. The first-order valence-corrected chi connectivity index (χ1v) is 10.2. The predicted molar refractivity (Wildman–Crippen MR) is 111 cm³/mol. The van der Waals surface area contributed by atoms with Crippen LogP contribution in [-0.4, -0.2) is 50.3 Å². The molecule has 1 aromatic rings. The number of aromatic nitrogens is 3. The summed E-state index contributed by atoms with van der Waals surface area (Å²) in [5.74, 6) is 0.547. The third-order valence-electron chi connectivity index (χ3n) is 4.91. The van der Waals surface area contributed by atoms with Crippen LogP contribution in [0.15, 0.2) is 12.7 Å². The van der Waals surface area contributed by atoms with Crippen molar-refractivity contribution < 1.29 is 4.84 Å². The normalized spacial score (nSPS) is 19.8. The number of hydroxylamine groups is 2. The van der Waals surface area contributed by atoms with Crippen molar-refractivity contribution in [2.24, 2.45) is 0 Å². The molecule has 0 atom stereocenters. The molecule has 1 fully saturated rings. The van der Waals surface area contributed by atoms with Crippen molar-refractivity contribution in [2.45, 2.75) is 77.4 Å². The summed E-state index contributed by atoms with van der Waals surface area (Å²) in [5.41, 5.74) is -0.332. The van der Waals surface area contributed by atoms with Crippen LogP contribution in [0.2, 0.25) is 10.6 Å². The Morgan fingerprint density at radius 3 is 2.19 bits per heavy atom. The molecular formula is C19H31Cl2N5O. The Labute approximate surface area is 172 Å². The average molecular weight is 416 g/mol. The molecule has 0 aromatic carbocycles. The molecule has 2 heterocycles. The SMILES string of the molecule is C=CCON1C(C)(C)CC(N(CCCC)c2nc(Cl)nc(Cl)n2)CC1(C)C. The molecule has 1 aromatic heterocycles. The predicted octanol–water partition coefficient (Wildman–Crippen LogP) is 4.92. The lowest BCUT2D eigenvalue weighted by Crippen LogP contribution is -2.64. The van der Waals surface area contributed by atoms with E-state index in [1.807, 2.05) is 0 Å². The van der Waals surface area contributed by atoms with Gasteiger partial charge in [0.2, 0.25) is 16.5 Å². The summed E-state index contributed by atoms with van der Waals surface area (Å²) in [6, 6.07) is 0.236. The zero-order chi connectivity index (χ0) is 20.2. The summed E-state index contributed by atoms with van der Waals surface area (Å²) in [7, 11) is 0. The highest BCUT2D eigenvalue weighted by molar-refractivity contribution is 6.31. The lowest BCUT2D eigenvalue weighted by Gasteiger charge is -2.55. The van der Waals surface area contributed by atoms with E-state index in [0.29, 0.717) is 12.6 Å². The van der Waals surface area contributed by atoms with Crippen LogP contribution in [-0.2, 0) is 4.84 Å². The Hall–Kier alpha value is -0.950. The number of unbranched alkanes of at least 4 members (excludes halogenated alkanes) is 1. The minimum atomic E-state index is -0.166. The van der Waals surface area contributed by atoms with Crippen molar-refractivity contribution in [3.8, 4) is 0 Å². The molecule has 1 aliphatic rings. The second-order valence-electron chi connectivity index (χ2n) is 8.29. The van der Waals surface area contributed by atoms with Crippen molar-refractivity contribution in [1.29, 1.82) is 0 Å². The topological polar surface area (TPSA) is 54.4 Å². The van der Waals surface area contributed by atoms with Gasteiger partial charge in [-0.15, -0.1) is 6.58 Å². The van der Waals surface area contributed by atoms with Gasteiger partial charge in [-0.25, -0.2) is 0 Å². The molecule has 1 aliphatic heterocycles. The number of hydrogen-bond donors (Lipinski definition) is 0. The lowest BCUT2D eigenvalue weighted by molar-refractivity contribution is -0.276. The molecule has 1 saturated heterocycles. The molecule has 0 amide bonds. The maximum absolute atomic E-state index is 6.05. The van der Waals surface area contributed by atoms with Crippen LogP contribution < -0.4 is 4.90 Å². The molecular weight excluding hydrogens is 385 g/mol. The Balaban J connectivity index is 2.34. The number of rotatable bonds is 8. The largest absolute Gasteiger partial charge is 0.338 e. The van der Waals surface area contributed by atoms with Crippen LogP contribution in [0.4, 0.5) is 5.95 Å². The second kappa shape index (κ2) is 9.03. The van der Waals surface area contributed by atoms with Gasteiger partial charge in [-0.3, -0.25) is 4.84 Å². The van der Waals surface area contributed by atoms with Gasteiger partial charge in [-0.05, 0) is 70.2 Å². The molecule has 0 radical (unpaired) electrons. The van der Waals surface area contributed by atoms with Crippen LogP contribution in [0.25, 0.3) is 0 Å². The van der Waals surface area contributed by atoms with Gasteiger partial charge in [-0.1, -0.05) is 19.4 Å². The van der Waals surface area contributed by atoms with E-state index in [0.717, 1.165) is 32.2 Å². The zero-order valence-electron chi connectivity index (χ0n) is 17.0. The number of halogens is 2. The summed E-state index contributed by atoms with van der Waals surface area (Å²) in [6.45, 7) is 16.1. The molecule has 0 bridgehead atoms. The fourth-order valence-electron chi connectivity index (χ4n) is 4.13. The van der Waals surface area contributed by atoms with Gasteiger partial charge in [0.1, 0.15) is 0 Å². The van der Waals surface area contributed by atoms with E-state index in [2.05, 4.69) is 66.1 Å². The van der Waals surface area contributed by atoms with Gasteiger partial charge in [0.05, 0.1) is 6.61 Å². The molecule has 152 valence electrons. The number of hydrogen-bond acceptors (Lipinski definition) is 6. The second-order valence-corrected chi connectivity index (χ2v) is 8.96. The van der Waals surface area contributed by atoms with Crippen LogP contribution in [0.1, 0.15) is 60.3 Å². The number of piperidine rings is 1. The van der Waals surface area contributed by atoms with E-state index in [9.17, 15) is 0 Å². The maximum Gasteiger partial charge on any atom is 0.231 e. The van der Waals surface area contributed by atoms with E-state index >= 15 is 0 Å². The molecule has 0 spiro atoms. The number of nitrogens with zero attached hydrogens (tertiary/aromatic N) is 5. The minimum absolute atomic E-state index is 0.122. The Bertz CT molecular complexity index is 615. The highest BCUT2D eigenvalue weighted by Gasteiger charge is 2.48. The molecule has 27 heavy (non-hydrogen) atoms. The summed E-state index contributed by atoms with van der Waals surface area (Å²) in [4.78, 5) is 20.9. The third-order valence-corrected chi connectivity index (χ3v) is 5.25. The van der Waals surface area contributed by atoms with Gasteiger partial charge in [0.25, 0.3) is 0 Å². The van der Waals surface area contributed by atoms with Gasteiger partial charge in [-0.2, -0.15) is 20.0 Å². The van der Waals surface area contributed by atoms with Gasteiger partial charge in [0.15, 0.2) is 0 Å². The van der Waals surface area contributed by atoms with E-state index in [1.54, 1.807) is 6.08 Å². The Kier molecular flexibility index (Phi) is 7.47. The van der Waals surface area contributed by atoms with Crippen molar-refractivity contribution in [3.05, 3.63) is 23.2 Å². The molecule has 0 unspecified atom stereocenters. The van der Waals surface area contributed by atoms with Gasteiger partial charge in [0, 0.05) is 23.7 Å². The van der Waals surface area contributed by atoms with Crippen molar-refractivity contribution >= 4 is 29.2 Å². The van der Waals surface area contributed by atoms with Crippen molar-refractivity contribution in [1.82, 2.24) is 20.0 Å². The van der Waals surface area contributed by atoms with Crippen LogP contribution in [0, 0.1) is 0 Å². The summed E-state index contributed by atoms with van der Waals surface area (Å²) < 4.78 is 0. The quantitative estimate of drug-likeness (QED) is 0.561. The van der Waals surface area contributed by atoms with Crippen molar-refractivity contribution in [3.63, 3.8) is 0 Å². The summed E-state index contributed by atoms with van der Waals surface area (Å²) in [5, 5.41) is 2.36. The van der Waals surface area contributed by atoms with Gasteiger partial charge < -0.3 is 4.90 Å². The first-order chi connectivity index (χ1) is 12.6. The number of anilines is 1. The highest BCUT2D eigenvalue weighted by atomic mass is 35.5. The van der Waals surface area contributed by atoms with E-state index in [-0.39, 0.29) is 27.7 Å². The highest BCUT2D eigenvalue weighted by Crippen LogP contribution is 2.41. The monoisotopic (exact) mass is 415 g/mol. The molecule has 0 aliphatic carbocycles. The first kappa shape index (κ1) is 22.3. The molecule has 0 N–H and O–H groups in total. The van der Waals surface area contributed by atoms with E-state index in [1.165, 1.54) is 0 Å². The summed E-state index contributed by atoms with van der Waals surface area (Å²) >= 11 is 12.1. The van der Waals surface area contributed by atoms with E-state index in [4.69, 9.17) is 28.0 Å².